The molecule has 1 saturated heterocycles. The lowest BCUT2D eigenvalue weighted by Gasteiger charge is -2.27. The van der Waals surface area contributed by atoms with Crippen molar-refractivity contribution in [2.24, 2.45) is 0 Å². The summed E-state index contributed by atoms with van der Waals surface area (Å²) in [7, 11) is 0. The SMILES string of the molecule is Cc1nccn1-c1nc(-c2cccc(N)c2C=N)nc(N2CCOCC2)n1. The van der Waals surface area contributed by atoms with Gasteiger partial charge >= 0.3 is 0 Å². The zero-order chi connectivity index (χ0) is 18.8. The van der Waals surface area contributed by atoms with Gasteiger partial charge in [0.2, 0.25) is 11.9 Å². The molecule has 1 aromatic carbocycles. The normalized spacial score (nSPS) is 14.3. The first-order chi connectivity index (χ1) is 13.2. The van der Waals surface area contributed by atoms with Crippen molar-refractivity contribution in [2.45, 2.75) is 6.92 Å². The van der Waals surface area contributed by atoms with E-state index in [0.29, 0.717) is 60.8 Å². The average Bonchev–Trinajstić information content (AvgIpc) is 3.14. The number of nitrogens with zero attached hydrogens (tertiary/aromatic N) is 6. The number of anilines is 2. The Bertz CT molecular complexity index is 977. The van der Waals surface area contributed by atoms with Crippen LogP contribution in [0.1, 0.15) is 11.4 Å². The molecule has 3 aromatic rings. The van der Waals surface area contributed by atoms with Crippen LogP contribution in [0.3, 0.4) is 0 Å². The van der Waals surface area contributed by atoms with Crippen LogP contribution in [-0.2, 0) is 4.74 Å². The average molecular weight is 364 g/mol. The lowest BCUT2D eigenvalue weighted by molar-refractivity contribution is 0.122. The predicted octanol–water partition coefficient (Wildman–Crippen LogP) is 1.45. The molecule has 4 rings (SSSR count). The van der Waals surface area contributed by atoms with Crippen LogP contribution in [0.25, 0.3) is 17.3 Å². The van der Waals surface area contributed by atoms with E-state index in [1.54, 1.807) is 12.3 Å². The van der Waals surface area contributed by atoms with E-state index in [1.807, 2.05) is 29.8 Å². The molecule has 0 bridgehead atoms. The van der Waals surface area contributed by atoms with Gasteiger partial charge in [0.15, 0.2) is 5.82 Å². The molecule has 138 valence electrons. The standard InChI is InChI=1S/C18H20N8O/c1-12-21-5-6-26(12)18-23-16(13-3-2-4-15(20)14(13)11-19)22-17(24-18)25-7-9-27-10-8-25/h2-6,11,19H,7-10,20H2,1H3. The highest BCUT2D eigenvalue weighted by atomic mass is 16.5. The van der Waals surface area contributed by atoms with Gasteiger partial charge in [-0.1, -0.05) is 12.1 Å². The topological polar surface area (TPSA) is 119 Å². The summed E-state index contributed by atoms with van der Waals surface area (Å²) in [5, 5.41) is 7.73. The highest BCUT2D eigenvalue weighted by molar-refractivity contribution is 5.93. The summed E-state index contributed by atoms with van der Waals surface area (Å²) in [6.07, 6.45) is 4.75. The number of hydrogen-bond acceptors (Lipinski definition) is 8. The monoisotopic (exact) mass is 364 g/mol. The Kier molecular flexibility index (Phi) is 4.51. The fraction of sp³-hybridized carbons (Fsp3) is 0.278. The molecule has 0 saturated carbocycles. The third-order valence-electron chi connectivity index (χ3n) is 4.47. The van der Waals surface area contributed by atoms with E-state index < -0.39 is 0 Å². The van der Waals surface area contributed by atoms with Crippen LogP contribution in [-0.4, -0.2) is 57.0 Å². The molecule has 0 atom stereocenters. The van der Waals surface area contributed by atoms with Crippen molar-refractivity contribution in [3.63, 3.8) is 0 Å². The van der Waals surface area contributed by atoms with Crippen LogP contribution >= 0.6 is 0 Å². The Balaban J connectivity index is 1.90. The zero-order valence-electron chi connectivity index (χ0n) is 15.0. The van der Waals surface area contributed by atoms with Gasteiger partial charge in [-0.05, 0) is 13.0 Å². The molecule has 2 aromatic heterocycles. The highest BCUT2D eigenvalue weighted by Gasteiger charge is 2.19. The van der Waals surface area contributed by atoms with Crippen LogP contribution in [0.2, 0.25) is 0 Å². The first kappa shape index (κ1) is 17.1. The summed E-state index contributed by atoms with van der Waals surface area (Å²) >= 11 is 0. The van der Waals surface area contributed by atoms with Gasteiger partial charge < -0.3 is 20.8 Å². The number of aryl methyl sites for hydroxylation is 1. The number of morpholine rings is 1. The number of imidazole rings is 1. The summed E-state index contributed by atoms with van der Waals surface area (Å²) in [6, 6.07) is 5.45. The molecule has 0 spiro atoms. The lowest BCUT2D eigenvalue weighted by atomic mass is 10.1. The van der Waals surface area contributed by atoms with Gasteiger partial charge in [0.05, 0.1) is 13.2 Å². The summed E-state index contributed by atoms with van der Waals surface area (Å²) in [5.74, 6) is 2.31. The molecule has 1 aliphatic heterocycles. The van der Waals surface area contributed by atoms with Gasteiger partial charge in [0, 0.05) is 48.5 Å². The van der Waals surface area contributed by atoms with E-state index in [9.17, 15) is 0 Å². The Morgan fingerprint density at radius 1 is 1.15 bits per heavy atom. The van der Waals surface area contributed by atoms with Gasteiger partial charge in [-0.3, -0.25) is 4.57 Å². The molecular weight excluding hydrogens is 344 g/mol. The Morgan fingerprint density at radius 3 is 2.63 bits per heavy atom. The van der Waals surface area contributed by atoms with Gasteiger partial charge in [-0.15, -0.1) is 0 Å². The number of nitrogen functional groups attached to an aromatic ring is 1. The van der Waals surface area contributed by atoms with E-state index in [1.165, 1.54) is 6.21 Å². The van der Waals surface area contributed by atoms with E-state index in [4.69, 9.17) is 15.9 Å². The maximum Gasteiger partial charge on any atom is 0.240 e. The van der Waals surface area contributed by atoms with Crippen LogP contribution < -0.4 is 10.6 Å². The third-order valence-corrected chi connectivity index (χ3v) is 4.47. The van der Waals surface area contributed by atoms with Crippen molar-refractivity contribution < 1.29 is 4.74 Å². The molecular formula is C18H20N8O. The van der Waals surface area contributed by atoms with Crippen molar-refractivity contribution in [2.75, 3.05) is 36.9 Å². The number of aromatic nitrogens is 5. The number of rotatable bonds is 4. The van der Waals surface area contributed by atoms with Gasteiger partial charge in [0.25, 0.3) is 0 Å². The molecule has 27 heavy (non-hydrogen) atoms. The van der Waals surface area contributed by atoms with Crippen LogP contribution in [0, 0.1) is 12.3 Å². The fourth-order valence-corrected chi connectivity index (χ4v) is 3.02. The first-order valence-electron chi connectivity index (χ1n) is 8.66. The van der Waals surface area contributed by atoms with Gasteiger partial charge in [0.1, 0.15) is 5.82 Å². The second-order valence-electron chi connectivity index (χ2n) is 6.16. The van der Waals surface area contributed by atoms with Crippen molar-refractivity contribution in [1.82, 2.24) is 24.5 Å². The molecule has 3 N–H and O–H groups in total. The number of nitrogens with one attached hydrogen (secondary N) is 1. The summed E-state index contributed by atoms with van der Waals surface area (Å²) in [5.41, 5.74) is 7.84. The summed E-state index contributed by atoms with van der Waals surface area (Å²) in [6.45, 7) is 4.57. The molecule has 1 fully saturated rings. The van der Waals surface area contributed by atoms with Crippen LogP contribution in [0.5, 0.6) is 0 Å². The number of hydrogen-bond donors (Lipinski definition) is 2. The van der Waals surface area contributed by atoms with Crippen LogP contribution in [0.15, 0.2) is 30.6 Å². The minimum Gasteiger partial charge on any atom is -0.398 e. The minimum absolute atomic E-state index is 0.473. The Morgan fingerprint density at radius 2 is 1.93 bits per heavy atom. The Labute approximate surface area is 156 Å². The third kappa shape index (κ3) is 3.24. The molecule has 0 aliphatic carbocycles. The first-order valence-corrected chi connectivity index (χ1v) is 8.66. The second-order valence-corrected chi connectivity index (χ2v) is 6.16. The van der Waals surface area contributed by atoms with Crippen molar-refractivity contribution >= 4 is 17.9 Å². The highest BCUT2D eigenvalue weighted by Crippen LogP contribution is 2.26. The van der Waals surface area contributed by atoms with Crippen molar-refractivity contribution in [3.8, 4) is 17.3 Å². The molecule has 0 amide bonds. The maximum absolute atomic E-state index is 7.73. The fourth-order valence-electron chi connectivity index (χ4n) is 3.02. The molecule has 0 unspecified atom stereocenters. The van der Waals surface area contributed by atoms with Gasteiger partial charge in [-0.25, -0.2) is 4.98 Å². The molecule has 9 heteroatoms. The predicted molar refractivity (Wildman–Crippen MR) is 102 cm³/mol. The summed E-state index contributed by atoms with van der Waals surface area (Å²) in [4.78, 5) is 20.3. The Hall–Kier alpha value is -3.33. The number of ether oxygens (including phenoxy) is 1. The molecule has 1 aliphatic rings. The van der Waals surface area contributed by atoms with E-state index >= 15 is 0 Å². The van der Waals surface area contributed by atoms with Gasteiger partial charge in [-0.2, -0.15) is 15.0 Å². The molecule has 9 nitrogen and oxygen atoms in total. The van der Waals surface area contributed by atoms with Crippen molar-refractivity contribution in [1.29, 1.82) is 5.41 Å². The minimum atomic E-state index is 0.473. The van der Waals surface area contributed by atoms with E-state index in [0.717, 1.165) is 5.82 Å². The van der Waals surface area contributed by atoms with Crippen LogP contribution in [0.4, 0.5) is 11.6 Å². The largest absolute Gasteiger partial charge is 0.398 e. The molecule has 0 radical (unpaired) electrons. The van der Waals surface area contributed by atoms with E-state index in [-0.39, 0.29) is 0 Å². The smallest absolute Gasteiger partial charge is 0.240 e. The van der Waals surface area contributed by atoms with E-state index in [2.05, 4.69) is 24.8 Å². The zero-order valence-corrected chi connectivity index (χ0v) is 15.0. The lowest BCUT2D eigenvalue weighted by Crippen LogP contribution is -2.37. The maximum atomic E-state index is 7.73. The summed E-state index contributed by atoms with van der Waals surface area (Å²) < 4.78 is 7.25. The number of benzene rings is 1. The molecule has 3 heterocycles. The second kappa shape index (κ2) is 7.12. The number of nitrogens with two attached hydrogens (primary N) is 1. The quantitative estimate of drug-likeness (QED) is 0.531. The van der Waals surface area contributed by atoms with Crippen molar-refractivity contribution in [3.05, 3.63) is 42.0 Å².